The van der Waals surface area contributed by atoms with Crippen molar-refractivity contribution in [2.24, 2.45) is 11.8 Å². The fourth-order valence-corrected chi connectivity index (χ4v) is 5.45. The van der Waals surface area contributed by atoms with Gasteiger partial charge >= 0.3 is 0 Å². The molecule has 6 N–H and O–H groups in total. The molecular weight excluding hydrogens is 592 g/mol. The van der Waals surface area contributed by atoms with E-state index in [0.29, 0.717) is 24.3 Å². The van der Waals surface area contributed by atoms with Crippen LogP contribution < -0.4 is 9.47 Å². The zero-order valence-electron chi connectivity index (χ0n) is 26.1. The largest absolute Gasteiger partial charge is 0.504 e. The third kappa shape index (κ3) is 9.60. The molecule has 0 saturated carbocycles. The van der Waals surface area contributed by atoms with E-state index in [2.05, 4.69) is 12.1 Å². The number of benzene rings is 4. The topological polar surface area (TPSA) is 158 Å². The highest BCUT2D eigenvalue weighted by molar-refractivity contribution is 5.51. The van der Waals surface area contributed by atoms with E-state index < -0.39 is 34.5 Å². The van der Waals surface area contributed by atoms with E-state index in [0.717, 1.165) is 48.3 Å². The maximum Gasteiger partial charge on any atom is 0.200 e. The van der Waals surface area contributed by atoms with Gasteiger partial charge in [-0.2, -0.15) is 0 Å². The average Bonchev–Trinajstić information content (AvgIpc) is 3.05. The van der Waals surface area contributed by atoms with E-state index in [4.69, 9.17) is 18.9 Å². The van der Waals surface area contributed by atoms with Gasteiger partial charge in [-0.3, -0.25) is 0 Å². The van der Waals surface area contributed by atoms with Crippen LogP contribution in [0.3, 0.4) is 0 Å². The minimum absolute atomic E-state index is 0.0702. The molecule has 0 spiro atoms. The summed E-state index contributed by atoms with van der Waals surface area (Å²) in [5.74, 6) is -0.981. The summed E-state index contributed by atoms with van der Waals surface area (Å²) in [4.78, 5) is 0. The van der Waals surface area contributed by atoms with Crippen LogP contribution >= 0.6 is 0 Å². The summed E-state index contributed by atoms with van der Waals surface area (Å²) < 4.78 is 22.7. The third-order valence-electron chi connectivity index (χ3n) is 7.97. The Morgan fingerprint density at radius 3 is 1.37 bits per heavy atom. The second-order valence-electron chi connectivity index (χ2n) is 11.3. The molecule has 4 aromatic rings. The van der Waals surface area contributed by atoms with Gasteiger partial charge in [-0.05, 0) is 108 Å². The van der Waals surface area contributed by atoms with Gasteiger partial charge in [0.25, 0.3) is 0 Å². The number of methoxy groups -OCH3 is 2. The van der Waals surface area contributed by atoms with Gasteiger partial charge in [-0.25, -0.2) is 0 Å². The number of phenols is 6. The Morgan fingerprint density at radius 2 is 0.935 bits per heavy atom. The molecule has 0 heterocycles. The number of hydrogen-bond acceptors (Lipinski definition) is 10. The minimum Gasteiger partial charge on any atom is -0.504 e. The summed E-state index contributed by atoms with van der Waals surface area (Å²) in [6.07, 6.45) is 3.04. The molecule has 246 valence electrons. The van der Waals surface area contributed by atoms with Crippen molar-refractivity contribution >= 4 is 0 Å². The second-order valence-corrected chi connectivity index (χ2v) is 11.3. The quantitative estimate of drug-likeness (QED) is 0.0586. The number of ether oxygens (including phenoxy) is 4. The lowest BCUT2D eigenvalue weighted by Gasteiger charge is -2.28. The predicted molar refractivity (Wildman–Crippen MR) is 172 cm³/mol. The van der Waals surface area contributed by atoms with Crippen LogP contribution in [0.25, 0.3) is 0 Å². The Labute approximate surface area is 268 Å². The average molecular weight is 635 g/mol. The molecule has 0 fully saturated rings. The van der Waals surface area contributed by atoms with Gasteiger partial charge in [0.1, 0.15) is 11.5 Å². The molecule has 0 bridgehead atoms. The Kier molecular flexibility index (Phi) is 12.2. The molecule has 10 heteroatoms. The van der Waals surface area contributed by atoms with Gasteiger partial charge < -0.3 is 49.6 Å². The van der Waals surface area contributed by atoms with Crippen molar-refractivity contribution in [2.75, 3.05) is 27.4 Å². The molecule has 0 aliphatic rings. The molecule has 4 rings (SSSR count). The Balaban J connectivity index is 1.49. The minimum atomic E-state index is -0.568. The Hall–Kier alpha value is -4.80. The van der Waals surface area contributed by atoms with Crippen LogP contribution in [-0.4, -0.2) is 58.1 Å². The monoisotopic (exact) mass is 634 g/mol. The Bertz CT molecular complexity index is 1490. The zero-order chi connectivity index (χ0) is 33.1. The summed E-state index contributed by atoms with van der Waals surface area (Å²) in [6.45, 7) is 1.12. The van der Waals surface area contributed by atoms with E-state index in [1.807, 2.05) is 36.4 Å². The summed E-state index contributed by atoms with van der Waals surface area (Å²) >= 11 is 0. The first kappa shape index (κ1) is 34.1. The van der Waals surface area contributed by atoms with Crippen LogP contribution in [0.2, 0.25) is 0 Å². The van der Waals surface area contributed by atoms with Crippen molar-refractivity contribution < 1.29 is 49.6 Å². The summed E-state index contributed by atoms with van der Waals surface area (Å²) in [5.41, 5.74) is 3.34. The maximum atomic E-state index is 9.94. The van der Waals surface area contributed by atoms with Crippen LogP contribution in [0.5, 0.6) is 46.0 Å². The van der Waals surface area contributed by atoms with Gasteiger partial charge in [0, 0.05) is 6.61 Å². The van der Waals surface area contributed by atoms with Crippen LogP contribution in [0.15, 0.2) is 72.8 Å². The van der Waals surface area contributed by atoms with Gasteiger partial charge in [-0.15, -0.1) is 0 Å². The van der Waals surface area contributed by atoms with E-state index in [-0.39, 0.29) is 25.0 Å². The lowest BCUT2D eigenvalue weighted by Crippen LogP contribution is -2.25. The SMILES string of the molecule is COc1ccc(C[C@@H](CCCOCc2cc(O)c(O)c(O)c2)[C@H](COCc2cc(O)c(O)c(O)c2)Cc2ccc(OC)cc2)cc1. The summed E-state index contributed by atoms with van der Waals surface area (Å²) in [6, 6.07) is 21.4. The Morgan fingerprint density at radius 1 is 0.522 bits per heavy atom. The van der Waals surface area contributed by atoms with Crippen LogP contribution in [0.1, 0.15) is 35.1 Å². The van der Waals surface area contributed by atoms with Crippen molar-refractivity contribution in [1.82, 2.24) is 0 Å². The van der Waals surface area contributed by atoms with Crippen LogP contribution in [0.4, 0.5) is 0 Å². The first-order chi connectivity index (χ1) is 22.2. The normalized spacial score (nSPS) is 12.5. The molecule has 0 amide bonds. The van der Waals surface area contributed by atoms with Crippen molar-refractivity contribution in [3.05, 3.63) is 95.1 Å². The van der Waals surface area contributed by atoms with Crippen molar-refractivity contribution in [1.29, 1.82) is 0 Å². The van der Waals surface area contributed by atoms with Gasteiger partial charge in [0.2, 0.25) is 0 Å². The lowest BCUT2D eigenvalue weighted by molar-refractivity contribution is 0.0578. The van der Waals surface area contributed by atoms with E-state index in [9.17, 15) is 30.6 Å². The molecule has 0 aliphatic carbocycles. The van der Waals surface area contributed by atoms with Gasteiger partial charge in [0.05, 0.1) is 34.0 Å². The van der Waals surface area contributed by atoms with E-state index >= 15 is 0 Å². The molecule has 2 atom stereocenters. The highest BCUT2D eigenvalue weighted by atomic mass is 16.5. The zero-order valence-corrected chi connectivity index (χ0v) is 26.1. The molecular formula is C36H42O10. The molecule has 46 heavy (non-hydrogen) atoms. The fraction of sp³-hybridized carbons (Fsp3) is 0.333. The second kappa shape index (κ2) is 16.5. The van der Waals surface area contributed by atoms with Crippen molar-refractivity contribution in [3.8, 4) is 46.0 Å². The molecule has 10 nitrogen and oxygen atoms in total. The molecule has 0 radical (unpaired) electrons. The number of phenolic OH excluding ortho intramolecular Hbond substituents is 6. The first-order valence-electron chi connectivity index (χ1n) is 15.1. The van der Waals surface area contributed by atoms with Gasteiger partial charge in [0.15, 0.2) is 34.5 Å². The number of rotatable bonds is 17. The number of hydrogen-bond donors (Lipinski definition) is 6. The molecule has 4 aromatic carbocycles. The number of aromatic hydroxyl groups is 6. The highest BCUT2D eigenvalue weighted by Crippen LogP contribution is 2.37. The fourth-order valence-electron chi connectivity index (χ4n) is 5.45. The molecule has 0 aromatic heterocycles. The van der Waals surface area contributed by atoms with Crippen LogP contribution in [0, 0.1) is 11.8 Å². The lowest BCUT2D eigenvalue weighted by atomic mass is 9.80. The first-order valence-corrected chi connectivity index (χ1v) is 15.1. The third-order valence-corrected chi connectivity index (χ3v) is 7.97. The molecule has 0 aliphatic heterocycles. The van der Waals surface area contributed by atoms with Crippen molar-refractivity contribution in [2.45, 2.75) is 38.9 Å². The molecule has 0 saturated heterocycles. The standard InChI is InChI=1S/C36H42O10/c1-43-29-9-5-23(6-10-29)14-27(4-3-13-45-20-25-16-31(37)35(41)32(38)17-25)28(15-24-7-11-30(44-2)12-8-24)22-46-21-26-18-33(39)36(42)34(40)19-26/h5-12,16-19,27-28,37-42H,3-4,13-15,20-22H2,1-2H3/t27-,28+/m1/s1. The van der Waals surface area contributed by atoms with Crippen LogP contribution in [-0.2, 0) is 35.5 Å². The van der Waals surface area contributed by atoms with Gasteiger partial charge in [-0.1, -0.05) is 24.3 Å². The van der Waals surface area contributed by atoms with Crippen molar-refractivity contribution in [3.63, 3.8) is 0 Å². The van der Waals surface area contributed by atoms with E-state index in [1.165, 1.54) is 24.3 Å². The predicted octanol–water partition coefficient (Wildman–Crippen LogP) is 6.17. The summed E-state index contributed by atoms with van der Waals surface area (Å²) in [5, 5.41) is 58.8. The smallest absolute Gasteiger partial charge is 0.200 e. The highest BCUT2D eigenvalue weighted by Gasteiger charge is 2.23. The summed E-state index contributed by atoms with van der Waals surface area (Å²) in [7, 11) is 3.26. The molecule has 0 unspecified atom stereocenters. The maximum absolute atomic E-state index is 9.94. The van der Waals surface area contributed by atoms with E-state index in [1.54, 1.807) is 14.2 Å².